The van der Waals surface area contributed by atoms with E-state index in [2.05, 4.69) is 16.0 Å². The second-order valence-electron chi connectivity index (χ2n) is 8.75. The smallest absolute Gasteiger partial charge is 0.407 e. The molecule has 3 aromatic rings. The molecule has 3 aromatic carbocycles. The highest BCUT2D eigenvalue weighted by atomic mass is 16.5. The summed E-state index contributed by atoms with van der Waals surface area (Å²) >= 11 is 0. The number of hydrogen-bond donors (Lipinski definition) is 3. The number of ether oxygens (including phenoxy) is 2. The normalized spacial score (nSPS) is 11.1. The fraction of sp³-hybridized carbons (Fsp3) is 0.267. The minimum absolute atomic E-state index is 0.0750. The third-order valence-electron chi connectivity index (χ3n) is 5.69. The van der Waals surface area contributed by atoms with Crippen molar-refractivity contribution in [2.45, 2.75) is 38.5 Å². The lowest BCUT2D eigenvalue weighted by Gasteiger charge is -2.18. The lowest BCUT2D eigenvalue weighted by molar-refractivity contribution is -0.149. The lowest BCUT2D eigenvalue weighted by atomic mass is 10.1. The molecular formula is C30H33N3O6. The molecule has 9 heteroatoms. The number of alkyl carbamates (subject to hydrolysis) is 1. The fourth-order valence-electron chi connectivity index (χ4n) is 3.61. The average Bonchev–Trinajstić information content (AvgIpc) is 2.98. The first-order chi connectivity index (χ1) is 19.0. The average molecular weight is 532 g/mol. The molecule has 3 amide bonds. The predicted molar refractivity (Wildman–Crippen MR) is 145 cm³/mol. The quantitative estimate of drug-likeness (QED) is 0.215. The van der Waals surface area contributed by atoms with E-state index in [1.54, 1.807) is 30.3 Å². The minimum Gasteiger partial charge on any atom is -0.459 e. The van der Waals surface area contributed by atoms with Crippen LogP contribution in [0.25, 0.3) is 0 Å². The number of nitrogens with one attached hydrogen (secondary N) is 3. The Balaban J connectivity index is 1.43. The maximum atomic E-state index is 12.8. The van der Waals surface area contributed by atoms with E-state index in [0.717, 1.165) is 11.1 Å². The Labute approximate surface area is 227 Å². The molecule has 3 rings (SSSR count). The molecule has 0 saturated carbocycles. The Morgan fingerprint density at radius 2 is 1.23 bits per heavy atom. The maximum Gasteiger partial charge on any atom is 0.407 e. The summed E-state index contributed by atoms with van der Waals surface area (Å²) in [5.74, 6) is -1.47. The van der Waals surface area contributed by atoms with Gasteiger partial charge in [-0.15, -0.1) is 0 Å². The summed E-state index contributed by atoms with van der Waals surface area (Å²) in [6, 6.07) is 26.2. The summed E-state index contributed by atoms with van der Waals surface area (Å²) in [5, 5.41) is 7.89. The molecule has 0 fully saturated rings. The molecule has 0 aromatic heterocycles. The zero-order valence-electron chi connectivity index (χ0n) is 21.6. The number of carbonyl (C=O) groups is 4. The second kappa shape index (κ2) is 16.2. The summed E-state index contributed by atoms with van der Waals surface area (Å²) < 4.78 is 10.6. The number of hydrogen-bond acceptors (Lipinski definition) is 6. The second-order valence-corrected chi connectivity index (χ2v) is 8.75. The van der Waals surface area contributed by atoms with Crippen LogP contribution in [0.1, 0.15) is 40.7 Å². The van der Waals surface area contributed by atoms with Crippen molar-refractivity contribution in [2.24, 2.45) is 0 Å². The molecule has 0 radical (unpaired) electrons. The van der Waals surface area contributed by atoms with E-state index in [4.69, 9.17) is 9.47 Å². The lowest BCUT2D eigenvalue weighted by Crippen LogP contribution is -2.46. The number of benzene rings is 3. The van der Waals surface area contributed by atoms with Gasteiger partial charge >= 0.3 is 12.1 Å². The minimum atomic E-state index is -0.903. The number of carbonyl (C=O) groups excluding carboxylic acids is 4. The zero-order chi connectivity index (χ0) is 27.7. The molecule has 1 atom stereocenters. The molecule has 0 bridgehead atoms. The number of unbranched alkanes of at least 4 members (excludes halogenated alkanes) is 1. The first-order valence-electron chi connectivity index (χ1n) is 12.8. The van der Waals surface area contributed by atoms with Crippen LogP contribution in [0.15, 0.2) is 91.0 Å². The van der Waals surface area contributed by atoms with Crippen LogP contribution in [0.5, 0.6) is 0 Å². The van der Waals surface area contributed by atoms with E-state index in [9.17, 15) is 19.2 Å². The Kier molecular flexibility index (Phi) is 12.0. The van der Waals surface area contributed by atoms with Gasteiger partial charge in [-0.05, 0) is 42.5 Å². The van der Waals surface area contributed by atoms with E-state index in [0.29, 0.717) is 31.4 Å². The number of esters is 1. The fourth-order valence-corrected chi connectivity index (χ4v) is 3.61. The van der Waals surface area contributed by atoms with E-state index in [-0.39, 0.29) is 25.7 Å². The van der Waals surface area contributed by atoms with Crippen LogP contribution in [-0.2, 0) is 32.3 Å². The van der Waals surface area contributed by atoms with Gasteiger partial charge in [0.25, 0.3) is 5.91 Å². The van der Waals surface area contributed by atoms with Gasteiger partial charge in [0.05, 0.1) is 6.54 Å². The van der Waals surface area contributed by atoms with Crippen molar-refractivity contribution >= 4 is 23.9 Å². The summed E-state index contributed by atoms with van der Waals surface area (Å²) in [6.07, 6.45) is 0.858. The van der Waals surface area contributed by atoms with Crippen LogP contribution in [0.4, 0.5) is 4.79 Å². The molecule has 3 N–H and O–H groups in total. The van der Waals surface area contributed by atoms with Crippen molar-refractivity contribution < 1.29 is 28.7 Å². The third kappa shape index (κ3) is 11.1. The van der Waals surface area contributed by atoms with Gasteiger partial charge in [-0.25, -0.2) is 9.59 Å². The predicted octanol–water partition coefficient (Wildman–Crippen LogP) is 3.74. The molecule has 0 aliphatic heterocycles. The SMILES string of the molecule is O=C(CNC(=O)c1ccccc1)NC(CCCCNC(=O)OCc1ccccc1)C(=O)OCc1ccccc1. The van der Waals surface area contributed by atoms with E-state index < -0.39 is 24.0 Å². The summed E-state index contributed by atoms with van der Waals surface area (Å²) in [4.78, 5) is 49.5. The van der Waals surface area contributed by atoms with Gasteiger partial charge < -0.3 is 25.4 Å². The van der Waals surface area contributed by atoms with Crippen LogP contribution in [-0.4, -0.2) is 43.0 Å². The Hall–Kier alpha value is -4.66. The van der Waals surface area contributed by atoms with Crippen LogP contribution >= 0.6 is 0 Å². The van der Waals surface area contributed by atoms with Gasteiger partial charge in [0, 0.05) is 12.1 Å². The third-order valence-corrected chi connectivity index (χ3v) is 5.69. The van der Waals surface area contributed by atoms with Crippen LogP contribution in [0.3, 0.4) is 0 Å². The Morgan fingerprint density at radius 3 is 1.85 bits per heavy atom. The van der Waals surface area contributed by atoms with Crippen LogP contribution < -0.4 is 16.0 Å². The highest BCUT2D eigenvalue weighted by Gasteiger charge is 2.22. The summed E-state index contributed by atoms with van der Waals surface area (Å²) in [6.45, 7) is 0.311. The van der Waals surface area contributed by atoms with E-state index in [1.807, 2.05) is 60.7 Å². The highest BCUT2D eigenvalue weighted by Crippen LogP contribution is 2.07. The molecule has 204 valence electrons. The van der Waals surface area contributed by atoms with E-state index in [1.165, 1.54) is 0 Å². The molecule has 0 saturated heterocycles. The molecule has 39 heavy (non-hydrogen) atoms. The van der Waals surface area contributed by atoms with Gasteiger partial charge in [0.2, 0.25) is 5.91 Å². The van der Waals surface area contributed by atoms with Crippen LogP contribution in [0, 0.1) is 0 Å². The van der Waals surface area contributed by atoms with Gasteiger partial charge in [-0.1, -0.05) is 78.9 Å². The summed E-state index contributed by atoms with van der Waals surface area (Å²) in [5.41, 5.74) is 2.14. The Bertz CT molecular complexity index is 1190. The van der Waals surface area contributed by atoms with Gasteiger partial charge in [0.1, 0.15) is 19.3 Å². The largest absolute Gasteiger partial charge is 0.459 e. The molecule has 0 aliphatic rings. The van der Waals surface area contributed by atoms with Crippen molar-refractivity contribution in [3.05, 3.63) is 108 Å². The van der Waals surface area contributed by atoms with E-state index >= 15 is 0 Å². The van der Waals surface area contributed by atoms with Crippen LogP contribution in [0.2, 0.25) is 0 Å². The first-order valence-corrected chi connectivity index (χ1v) is 12.8. The first kappa shape index (κ1) is 28.9. The van der Waals surface area contributed by atoms with Crippen molar-refractivity contribution in [1.82, 2.24) is 16.0 Å². The Morgan fingerprint density at radius 1 is 0.667 bits per heavy atom. The summed E-state index contributed by atoms with van der Waals surface area (Å²) in [7, 11) is 0. The maximum absolute atomic E-state index is 12.8. The van der Waals surface area contributed by atoms with Crippen molar-refractivity contribution in [2.75, 3.05) is 13.1 Å². The molecule has 0 heterocycles. The highest BCUT2D eigenvalue weighted by molar-refractivity contribution is 5.96. The van der Waals surface area contributed by atoms with Gasteiger partial charge in [-0.2, -0.15) is 0 Å². The molecule has 9 nitrogen and oxygen atoms in total. The number of rotatable bonds is 14. The monoisotopic (exact) mass is 531 g/mol. The molecule has 0 spiro atoms. The van der Waals surface area contributed by atoms with Crippen molar-refractivity contribution in [3.63, 3.8) is 0 Å². The van der Waals surface area contributed by atoms with Crippen molar-refractivity contribution in [3.8, 4) is 0 Å². The van der Waals surface area contributed by atoms with Gasteiger partial charge in [-0.3, -0.25) is 9.59 Å². The number of amides is 3. The standard InChI is InChI=1S/C30H33N3O6/c34-27(20-32-28(35)25-16-8-3-9-17-25)33-26(29(36)38-21-23-12-4-1-5-13-23)18-10-11-19-31-30(37)39-22-24-14-6-2-7-15-24/h1-9,12-17,26H,10-11,18-22H2,(H,31,37)(H,32,35)(H,33,34). The zero-order valence-corrected chi connectivity index (χ0v) is 21.6. The van der Waals surface area contributed by atoms with Gasteiger partial charge in [0.15, 0.2) is 0 Å². The molecule has 1 unspecified atom stereocenters. The molecule has 0 aliphatic carbocycles. The topological polar surface area (TPSA) is 123 Å². The molecular weight excluding hydrogens is 498 g/mol. The van der Waals surface area contributed by atoms with Crippen molar-refractivity contribution in [1.29, 1.82) is 0 Å².